The lowest BCUT2D eigenvalue weighted by atomic mass is 10.6. The van der Waals surface area contributed by atoms with Crippen LogP contribution in [0.25, 0.3) is 0 Å². The Morgan fingerprint density at radius 3 is 1.53 bits per heavy atom. The van der Waals surface area contributed by atoms with E-state index in [0.717, 1.165) is 48.8 Å². The lowest BCUT2D eigenvalue weighted by molar-refractivity contribution is 0.182. The van der Waals surface area contributed by atoms with E-state index in [-0.39, 0.29) is 0 Å². The first kappa shape index (κ1) is 16.1. The van der Waals surface area contributed by atoms with Gasteiger partial charge in [0.15, 0.2) is 0 Å². The van der Waals surface area contributed by atoms with Crippen molar-refractivity contribution in [1.82, 2.24) is 0 Å². The summed E-state index contributed by atoms with van der Waals surface area (Å²) in [6.07, 6.45) is 2.29. The van der Waals surface area contributed by atoms with Crippen LogP contribution >= 0.6 is 31.9 Å². The van der Waals surface area contributed by atoms with Gasteiger partial charge in [0.25, 0.3) is 0 Å². The maximum absolute atomic E-state index is 5.95. The predicted octanol–water partition coefficient (Wildman–Crippen LogP) is 4.07. The molecule has 0 spiro atoms. The lowest BCUT2D eigenvalue weighted by Gasteiger charge is -2.29. The minimum absolute atomic E-state index is 0.775. The van der Waals surface area contributed by atoms with Crippen molar-refractivity contribution in [1.29, 1.82) is 0 Å². The predicted molar refractivity (Wildman–Crippen MR) is 75.4 cm³/mol. The van der Waals surface area contributed by atoms with E-state index in [4.69, 9.17) is 8.85 Å². The summed E-state index contributed by atoms with van der Waals surface area (Å²) in [5.74, 6) is 0. The Morgan fingerprint density at radius 2 is 1.27 bits per heavy atom. The molecule has 0 saturated carbocycles. The minimum atomic E-state index is -1.90. The van der Waals surface area contributed by atoms with Gasteiger partial charge >= 0.3 is 8.56 Å². The van der Waals surface area contributed by atoms with E-state index in [1.165, 1.54) is 0 Å². The number of halogens is 2. The van der Waals surface area contributed by atoms with Gasteiger partial charge in [0.2, 0.25) is 0 Å². The molecular weight excluding hydrogens is 340 g/mol. The zero-order chi connectivity index (χ0) is 11.6. The molecular formula is C10H22Br2O2Si. The fraction of sp³-hybridized carbons (Fsp3) is 1.00. The average molecular weight is 362 g/mol. The van der Waals surface area contributed by atoms with Crippen LogP contribution in [0.2, 0.25) is 12.1 Å². The van der Waals surface area contributed by atoms with Gasteiger partial charge in [-0.1, -0.05) is 31.9 Å². The van der Waals surface area contributed by atoms with E-state index in [2.05, 4.69) is 45.7 Å². The second kappa shape index (κ2) is 10.3. The second-order valence-corrected chi connectivity index (χ2v) is 8.35. The topological polar surface area (TPSA) is 18.5 Å². The SMILES string of the molecule is CCO[Si](CCCBr)(CCCBr)OCC. The van der Waals surface area contributed by atoms with Crippen LogP contribution in [0.15, 0.2) is 0 Å². The first-order chi connectivity index (χ1) is 7.24. The molecule has 0 unspecified atom stereocenters. The molecule has 0 rings (SSSR count). The maximum Gasteiger partial charge on any atom is 0.338 e. The van der Waals surface area contributed by atoms with Crippen molar-refractivity contribution < 1.29 is 8.85 Å². The van der Waals surface area contributed by atoms with Crippen molar-refractivity contribution in [2.24, 2.45) is 0 Å². The van der Waals surface area contributed by atoms with Gasteiger partial charge in [-0.3, -0.25) is 0 Å². The zero-order valence-electron chi connectivity index (χ0n) is 9.73. The monoisotopic (exact) mass is 360 g/mol. The molecule has 0 fully saturated rings. The van der Waals surface area contributed by atoms with Crippen LogP contribution < -0.4 is 0 Å². The summed E-state index contributed by atoms with van der Waals surface area (Å²) < 4.78 is 11.9. The summed E-state index contributed by atoms with van der Waals surface area (Å²) in [5.41, 5.74) is 0. The Bertz CT molecular complexity index is 131. The molecule has 0 amide bonds. The van der Waals surface area contributed by atoms with E-state index in [1.54, 1.807) is 0 Å². The fourth-order valence-corrected chi connectivity index (χ4v) is 6.64. The first-order valence-corrected chi connectivity index (χ1v) is 10.1. The highest BCUT2D eigenvalue weighted by molar-refractivity contribution is 9.09. The van der Waals surface area contributed by atoms with Crippen molar-refractivity contribution in [3.05, 3.63) is 0 Å². The van der Waals surface area contributed by atoms with Gasteiger partial charge in [-0.2, -0.15) is 0 Å². The number of rotatable bonds is 10. The third-order valence-electron chi connectivity index (χ3n) is 2.20. The van der Waals surface area contributed by atoms with Crippen molar-refractivity contribution in [3.8, 4) is 0 Å². The third-order valence-corrected chi connectivity index (χ3v) is 7.18. The van der Waals surface area contributed by atoms with Crippen LogP contribution in [0.5, 0.6) is 0 Å². The molecule has 15 heavy (non-hydrogen) atoms. The minimum Gasteiger partial charge on any atom is -0.394 e. The number of alkyl halides is 2. The lowest BCUT2D eigenvalue weighted by Crippen LogP contribution is -2.42. The summed E-state index contributed by atoms with van der Waals surface area (Å²) >= 11 is 6.95. The normalized spacial score (nSPS) is 12.0. The highest BCUT2D eigenvalue weighted by atomic mass is 79.9. The molecule has 0 radical (unpaired) electrons. The zero-order valence-corrected chi connectivity index (χ0v) is 13.9. The summed E-state index contributed by atoms with van der Waals surface area (Å²) in [5, 5.41) is 2.08. The van der Waals surface area contributed by atoms with Gasteiger partial charge in [-0.15, -0.1) is 0 Å². The van der Waals surface area contributed by atoms with E-state index in [0.29, 0.717) is 0 Å². The Hall–Kier alpha value is 1.10. The molecule has 0 bridgehead atoms. The quantitative estimate of drug-likeness (QED) is 0.431. The van der Waals surface area contributed by atoms with Crippen LogP contribution in [0.1, 0.15) is 26.7 Å². The Morgan fingerprint density at radius 1 is 0.867 bits per heavy atom. The summed E-state index contributed by atoms with van der Waals surface area (Å²) in [7, 11) is -1.90. The highest BCUT2D eigenvalue weighted by Crippen LogP contribution is 2.24. The molecule has 0 aliphatic carbocycles. The molecule has 92 valence electrons. The molecule has 0 saturated heterocycles. The van der Waals surface area contributed by atoms with Crippen molar-refractivity contribution in [2.75, 3.05) is 23.9 Å². The van der Waals surface area contributed by atoms with Gasteiger partial charge in [-0.25, -0.2) is 0 Å². The van der Waals surface area contributed by atoms with Gasteiger partial charge in [0.1, 0.15) is 0 Å². The van der Waals surface area contributed by atoms with Gasteiger partial charge in [0, 0.05) is 23.9 Å². The van der Waals surface area contributed by atoms with E-state index in [9.17, 15) is 0 Å². The van der Waals surface area contributed by atoms with Crippen molar-refractivity contribution in [3.63, 3.8) is 0 Å². The summed E-state index contributed by atoms with van der Waals surface area (Å²) in [6.45, 7) is 5.67. The van der Waals surface area contributed by atoms with Crippen molar-refractivity contribution >= 4 is 40.4 Å². The molecule has 2 nitrogen and oxygen atoms in total. The second-order valence-electron chi connectivity index (χ2n) is 3.36. The van der Waals surface area contributed by atoms with E-state index in [1.807, 2.05) is 0 Å². The largest absolute Gasteiger partial charge is 0.394 e. The van der Waals surface area contributed by atoms with Crippen LogP contribution in [-0.4, -0.2) is 32.4 Å². The van der Waals surface area contributed by atoms with Crippen LogP contribution in [0.3, 0.4) is 0 Å². The fourth-order valence-electron chi connectivity index (χ4n) is 1.65. The van der Waals surface area contributed by atoms with E-state index < -0.39 is 8.56 Å². The van der Waals surface area contributed by atoms with Crippen LogP contribution in [0.4, 0.5) is 0 Å². The molecule has 0 atom stereocenters. The van der Waals surface area contributed by atoms with Gasteiger partial charge in [0.05, 0.1) is 0 Å². The number of hydrogen-bond acceptors (Lipinski definition) is 2. The molecule has 0 N–H and O–H groups in total. The van der Waals surface area contributed by atoms with Crippen molar-refractivity contribution in [2.45, 2.75) is 38.8 Å². The molecule has 0 aromatic heterocycles. The Labute approximate surface area is 112 Å². The number of hydrogen-bond donors (Lipinski definition) is 0. The molecule has 0 aromatic rings. The third kappa shape index (κ3) is 7.10. The van der Waals surface area contributed by atoms with Gasteiger partial charge < -0.3 is 8.85 Å². The van der Waals surface area contributed by atoms with Crippen LogP contribution in [0, 0.1) is 0 Å². The van der Waals surface area contributed by atoms with E-state index >= 15 is 0 Å². The summed E-state index contributed by atoms with van der Waals surface area (Å²) in [6, 6.07) is 2.21. The van der Waals surface area contributed by atoms with Crippen LogP contribution in [-0.2, 0) is 8.85 Å². The Kier molecular flexibility index (Phi) is 11.0. The average Bonchev–Trinajstić information content (AvgIpc) is 2.24. The Balaban J connectivity index is 4.26. The molecule has 0 aliphatic heterocycles. The molecule has 0 heterocycles. The standard InChI is InChI=1S/C10H22Br2O2Si/c1-3-13-15(14-4-2,9-5-7-11)10-6-8-12/h3-10H2,1-2H3. The summed E-state index contributed by atoms with van der Waals surface area (Å²) in [4.78, 5) is 0. The molecule has 0 aliphatic rings. The maximum atomic E-state index is 5.95. The smallest absolute Gasteiger partial charge is 0.338 e. The molecule has 5 heteroatoms. The van der Waals surface area contributed by atoms with Gasteiger partial charge in [-0.05, 0) is 38.8 Å². The first-order valence-electron chi connectivity index (χ1n) is 5.64. The highest BCUT2D eigenvalue weighted by Gasteiger charge is 2.35. The molecule has 0 aromatic carbocycles.